The van der Waals surface area contributed by atoms with Crippen LogP contribution in [-0.2, 0) is 4.74 Å². The number of aliphatic hydroxyl groups is 1. The van der Waals surface area contributed by atoms with E-state index in [4.69, 9.17) is 9.47 Å². The molecule has 1 aliphatic rings. The number of amides is 1. The first-order valence-corrected chi connectivity index (χ1v) is 8.94. The van der Waals surface area contributed by atoms with E-state index in [1.54, 1.807) is 36.1 Å². The first-order chi connectivity index (χ1) is 13.5. The number of hydrogen-bond donors (Lipinski definition) is 2. The topological polar surface area (TPSA) is 109 Å². The molecule has 0 unspecified atom stereocenters. The number of aromatic hydroxyl groups is 1. The van der Waals surface area contributed by atoms with Crippen molar-refractivity contribution in [3.63, 3.8) is 0 Å². The lowest BCUT2D eigenvalue weighted by molar-refractivity contribution is -0.0153. The number of pyridine rings is 1. The fourth-order valence-electron chi connectivity index (χ4n) is 3.11. The third-order valence-corrected chi connectivity index (χ3v) is 4.55. The average molecular weight is 386 g/mol. The van der Waals surface area contributed by atoms with Crippen LogP contribution in [0.1, 0.15) is 39.4 Å². The summed E-state index contributed by atoms with van der Waals surface area (Å²) in [7, 11) is 0. The maximum atomic E-state index is 13.1. The van der Waals surface area contributed by atoms with Crippen molar-refractivity contribution in [2.24, 2.45) is 0 Å². The molecular weight excluding hydrogens is 364 g/mol. The highest BCUT2D eigenvalue weighted by Gasteiger charge is 2.31. The third-order valence-electron chi connectivity index (χ3n) is 4.55. The predicted octanol–water partition coefficient (Wildman–Crippen LogP) is 1.57. The van der Waals surface area contributed by atoms with Crippen molar-refractivity contribution in [2.45, 2.75) is 19.1 Å². The Morgan fingerprint density at radius 3 is 3.00 bits per heavy atom. The van der Waals surface area contributed by atoms with Crippen molar-refractivity contribution in [3.05, 3.63) is 53.3 Å². The first-order valence-electron chi connectivity index (χ1n) is 8.94. The molecule has 3 rings (SSSR count). The van der Waals surface area contributed by atoms with E-state index >= 15 is 0 Å². The van der Waals surface area contributed by atoms with Gasteiger partial charge in [-0.05, 0) is 31.2 Å². The van der Waals surface area contributed by atoms with E-state index in [-0.39, 0.29) is 36.2 Å². The van der Waals surface area contributed by atoms with Gasteiger partial charge in [0.1, 0.15) is 18.1 Å². The molecule has 1 aliphatic heterocycles. The molecule has 0 radical (unpaired) electrons. The fraction of sp³-hybridized carbons (Fsp3) is 0.350. The van der Waals surface area contributed by atoms with Gasteiger partial charge >= 0.3 is 0 Å². The largest absolute Gasteiger partial charge is 0.507 e. The Morgan fingerprint density at radius 1 is 1.43 bits per heavy atom. The van der Waals surface area contributed by atoms with Crippen LogP contribution in [0.3, 0.4) is 0 Å². The second-order valence-electron chi connectivity index (χ2n) is 6.46. The standard InChI is InChI=1S/C20H22N2O6/c1-13(24)19-15(4-3-7-21-19)20(26)22-8-9-27-11-14(22)12-28-18-6-2-5-17(25)16(18)10-23/h2-7,10,13-14,24-25H,8-9,11-12H2,1H3/t13-,14+/m0/s1. The number of phenolic OH excluding ortho intramolecular Hbond substituents is 1. The van der Waals surface area contributed by atoms with E-state index in [9.17, 15) is 19.8 Å². The molecule has 0 saturated carbocycles. The van der Waals surface area contributed by atoms with Crippen LogP contribution >= 0.6 is 0 Å². The van der Waals surface area contributed by atoms with Crippen LogP contribution in [0.15, 0.2) is 36.5 Å². The molecule has 0 spiro atoms. The molecule has 1 aromatic carbocycles. The van der Waals surface area contributed by atoms with Gasteiger partial charge < -0.3 is 24.6 Å². The number of rotatable bonds is 6. The summed E-state index contributed by atoms with van der Waals surface area (Å²) in [6.45, 7) is 2.66. The minimum atomic E-state index is -0.877. The number of aromatic nitrogens is 1. The summed E-state index contributed by atoms with van der Waals surface area (Å²) in [4.78, 5) is 30.0. The molecule has 2 atom stereocenters. The minimum Gasteiger partial charge on any atom is -0.507 e. The van der Waals surface area contributed by atoms with Crippen molar-refractivity contribution >= 4 is 12.2 Å². The number of nitrogens with zero attached hydrogens (tertiary/aromatic N) is 2. The van der Waals surface area contributed by atoms with E-state index in [2.05, 4.69) is 4.98 Å². The second-order valence-corrected chi connectivity index (χ2v) is 6.46. The Kier molecular flexibility index (Phi) is 6.23. The van der Waals surface area contributed by atoms with Gasteiger partial charge in [-0.2, -0.15) is 0 Å². The number of ether oxygens (including phenoxy) is 2. The Bertz CT molecular complexity index is 854. The molecule has 0 bridgehead atoms. The van der Waals surface area contributed by atoms with Gasteiger partial charge in [0.15, 0.2) is 6.29 Å². The summed E-state index contributed by atoms with van der Waals surface area (Å²) >= 11 is 0. The van der Waals surface area contributed by atoms with Gasteiger partial charge in [0.2, 0.25) is 0 Å². The maximum Gasteiger partial charge on any atom is 0.256 e. The normalized spacial score (nSPS) is 17.8. The van der Waals surface area contributed by atoms with Crippen LogP contribution < -0.4 is 4.74 Å². The highest BCUT2D eigenvalue weighted by Crippen LogP contribution is 2.26. The highest BCUT2D eigenvalue weighted by atomic mass is 16.5. The molecule has 148 valence electrons. The molecule has 2 heterocycles. The molecule has 1 aromatic heterocycles. The number of benzene rings is 1. The van der Waals surface area contributed by atoms with Gasteiger partial charge in [0, 0.05) is 12.7 Å². The molecule has 1 saturated heterocycles. The second kappa shape index (κ2) is 8.81. The van der Waals surface area contributed by atoms with E-state index in [1.165, 1.54) is 12.3 Å². The summed E-state index contributed by atoms with van der Waals surface area (Å²) in [5.74, 6) is -0.205. The zero-order valence-corrected chi connectivity index (χ0v) is 15.4. The molecule has 2 aromatic rings. The lowest BCUT2D eigenvalue weighted by Crippen LogP contribution is -2.51. The van der Waals surface area contributed by atoms with Crippen LogP contribution in [0.2, 0.25) is 0 Å². The Balaban J connectivity index is 1.79. The lowest BCUT2D eigenvalue weighted by atomic mass is 10.1. The van der Waals surface area contributed by atoms with Crippen molar-refractivity contribution in [1.29, 1.82) is 0 Å². The van der Waals surface area contributed by atoms with Crippen LogP contribution in [0.25, 0.3) is 0 Å². The quantitative estimate of drug-likeness (QED) is 0.725. The fourth-order valence-corrected chi connectivity index (χ4v) is 3.11. The summed E-state index contributed by atoms with van der Waals surface area (Å²) in [6, 6.07) is 7.42. The summed E-state index contributed by atoms with van der Waals surface area (Å²) < 4.78 is 11.2. The van der Waals surface area contributed by atoms with Crippen LogP contribution in [-0.4, -0.2) is 64.7 Å². The number of phenols is 1. The van der Waals surface area contributed by atoms with Crippen LogP contribution in [0.4, 0.5) is 0 Å². The van der Waals surface area contributed by atoms with Crippen LogP contribution in [0.5, 0.6) is 11.5 Å². The zero-order chi connectivity index (χ0) is 20.1. The smallest absolute Gasteiger partial charge is 0.256 e. The molecular formula is C20H22N2O6. The van der Waals surface area contributed by atoms with Gasteiger partial charge in [0.05, 0.1) is 42.2 Å². The number of morpholine rings is 1. The minimum absolute atomic E-state index is 0.0563. The van der Waals surface area contributed by atoms with Crippen molar-refractivity contribution < 1.29 is 29.3 Å². The number of aliphatic hydroxyl groups excluding tert-OH is 1. The van der Waals surface area contributed by atoms with E-state index in [1.807, 2.05) is 0 Å². The van der Waals surface area contributed by atoms with Gasteiger partial charge in [-0.15, -0.1) is 0 Å². The summed E-state index contributed by atoms with van der Waals surface area (Å²) in [5.41, 5.74) is 0.700. The van der Waals surface area contributed by atoms with Gasteiger partial charge in [-0.3, -0.25) is 14.6 Å². The average Bonchev–Trinajstić information content (AvgIpc) is 2.72. The van der Waals surface area contributed by atoms with Crippen molar-refractivity contribution in [2.75, 3.05) is 26.4 Å². The SMILES string of the molecule is C[C@H](O)c1ncccc1C(=O)N1CCOC[C@@H]1COc1cccc(O)c1C=O. The molecule has 8 nitrogen and oxygen atoms in total. The zero-order valence-electron chi connectivity index (χ0n) is 15.4. The Labute approximate surface area is 162 Å². The lowest BCUT2D eigenvalue weighted by Gasteiger charge is -2.35. The van der Waals surface area contributed by atoms with Gasteiger partial charge in [-0.25, -0.2) is 0 Å². The maximum absolute atomic E-state index is 13.1. The molecule has 1 fully saturated rings. The number of carbonyl (C=O) groups excluding carboxylic acids is 2. The third kappa shape index (κ3) is 4.13. The molecule has 0 aliphatic carbocycles. The Hall–Kier alpha value is -2.97. The summed E-state index contributed by atoms with van der Waals surface area (Å²) in [6.07, 6.45) is 1.18. The summed E-state index contributed by atoms with van der Waals surface area (Å²) in [5, 5.41) is 19.7. The first kappa shape index (κ1) is 19.8. The van der Waals surface area contributed by atoms with E-state index in [0.29, 0.717) is 30.7 Å². The van der Waals surface area contributed by atoms with Gasteiger partial charge in [-0.1, -0.05) is 6.07 Å². The molecule has 28 heavy (non-hydrogen) atoms. The van der Waals surface area contributed by atoms with E-state index < -0.39 is 12.1 Å². The van der Waals surface area contributed by atoms with E-state index in [0.717, 1.165) is 0 Å². The molecule has 2 N–H and O–H groups in total. The number of hydrogen-bond acceptors (Lipinski definition) is 7. The number of carbonyl (C=O) groups is 2. The highest BCUT2D eigenvalue weighted by molar-refractivity contribution is 5.95. The Morgan fingerprint density at radius 2 is 2.25 bits per heavy atom. The van der Waals surface area contributed by atoms with Gasteiger partial charge in [0.25, 0.3) is 5.91 Å². The van der Waals surface area contributed by atoms with Crippen LogP contribution in [0, 0.1) is 0 Å². The van der Waals surface area contributed by atoms with Crippen molar-refractivity contribution in [3.8, 4) is 11.5 Å². The predicted molar refractivity (Wildman–Crippen MR) is 99.5 cm³/mol. The molecule has 1 amide bonds. The number of aldehydes is 1. The van der Waals surface area contributed by atoms with Crippen molar-refractivity contribution in [1.82, 2.24) is 9.88 Å². The molecule has 8 heteroatoms. The monoisotopic (exact) mass is 386 g/mol.